The van der Waals surface area contributed by atoms with Crippen LogP contribution in [0.2, 0.25) is 10.0 Å². The van der Waals surface area contributed by atoms with Crippen molar-refractivity contribution in [3.8, 4) is 6.07 Å². The van der Waals surface area contributed by atoms with Gasteiger partial charge in [-0.3, -0.25) is 0 Å². The average Bonchev–Trinajstić information content (AvgIpc) is 3.16. The zero-order valence-electron chi connectivity index (χ0n) is 17.1. The third-order valence-electron chi connectivity index (χ3n) is 5.66. The molecule has 1 heterocycles. The molecule has 4 heteroatoms. The molecule has 0 radical (unpaired) electrons. The van der Waals surface area contributed by atoms with Crippen LogP contribution in [0.5, 0.6) is 0 Å². The van der Waals surface area contributed by atoms with Gasteiger partial charge < -0.3 is 4.57 Å². The number of nitriles is 1. The lowest BCUT2D eigenvalue weighted by Gasteiger charge is -2.08. The summed E-state index contributed by atoms with van der Waals surface area (Å²) in [6.45, 7) is 0.613. The zero-order valence-corrected chi connectivity index (χ0v) is 18.6. The first-order valence-corrected chi connectivity index (χ1v) is 11.0. The predicted octanol–water partition coefficient (Wildman–Crippen LogP) is 8.21. The quantitative estimate of drug-likeness (QED) is 0.252. The molecule has 4 aromatic carbocycles. The van der Waals surface area contributed by atoms with Crippen molar-refractivity contribution in [2.45, 2.75) is 6.54 Å². The maximum absolute atomic E-state index is 9.93. The monoisotopic (exact) mass is 452 g/mol. The van der Waals surface area contributed by atoms with Crippen molar-refractivity contribution in [1.29, 1.82) is 5.26 Å². The summed E-state index contributed by atoms with van der Waals surface area (Å²) in [5.74, 6) is 0. The zero-order chi connectivity index (χ0) is 22.1. The highest BCUT2D eigenvalue weighted by Gasteiger charge is 2.11. The van der Waals surface area contributed by atoms with Gasteiger partial charge in [0.05, 0.1) is 11.6 Å². The van der Waals surface area contributed by atoms with Crippen LogP contribution in [-0.4, -0.2) is 4.57 Å². The minimum Gasteiger partial charge on any atom is -0.342 e. The Hall–Kier alpha value is -3.51. The Labute approximate surface area is 196 Å². The van der Waals surface area contributed by atoms with Crippen molar-refractivity contribution < 1.29 is 0 Å². The molecule has 5 aromatic rings. The van der Waals surface area contributed by atoms with E-state index in [1.54, 1.807) is 6.07 Å². The Kier molecular flexibility index (Phi) is 5.45. The number of nitrogens with zero attached hydrogens (tertiary/aromatic N) is 2. The molecule has 0 atom stereocenters. The largest absolute Gasteiger partial charge is 0.342 e. The van der Waals surface area contributed by atoms with Crippen molar-refractivity contribution in [2.24, 2.45) is 0 Å². The molecule has 0 unspecified atom stereocenters. The Balaban J connectivity index is 1.60. The van der Waals surface area contributed by atoms with E-state index in [0.717, 1.165) is 38.4 Å². The van der Waals surface area contributed by atoms with Crippen LogP contribution in [0.1, 0.15) is 16.7 Å². The molecule has 0 saturated carbocycles. The molecule has 1 aromatic heterocycles. The fourth-order valence-corrected chi connectivity index (χ4v) is 4.52. The first-order chi connectivity index (χ1) is 15.6. The number of benzene rings is 4. The number of halogens is 2. The third-order valence-corrected chi connectivity index (χ3v) is 6.24. The minimum absolute atomic E-state index is 0.613. The predicted molar refractivity (Wildman–Crippen MR) is 135 cm³/mol. The number of hydrogen-bond donors (Lipinski definition) is 0. The van der Waals surface area contributed by atoms with Gasteiger partial charge in [-0.15, -0.1) is 0 Å². The van der Waals surface area contributed by atoms with Crippen LogP contribution in [0.3, 0.4) is 0 Å². The molecule has 0 aliphatic carbocycles. The van der Waals surface area contributed by atoms with Gasteiger partial charge in [0.2, 0.25) is 0 Å². The summed E-state index contributed by atoms with van der Waals surface area (Å²) in [4.78, 5) is 0. The molecule has 0 amide bonds. The SMILES string of the molecule is N#C/C(=C/c1cn(Cc2ccc(Cl)cc2Cl)c2ccccc12)c1ccc2ccccc2c1. The first kappa shape index (κ1) is 20.4. The van der Waals surface area contributed by atoms with E-state index in [2.05, 4.69) is 53.2 Å². The lowest BCUT2D eigenvalue weighted by molar-refractivity contribution is 0.836. The van der Waals surface area contributed by atoms with Gasteiger partial charge in [-0.25, -0.2) is 0 Å². The van der Waals surface area contributed by atoms with Gasteiger partial charge in [-0.05, 0) is 52.2 Å². The van der Waals surface area contributed by atoms with Crippen LogP contribution in [0.4, 0.5) is 0 Å². The van der Waals surface area contributed by atoms with E-state index in [1.165, 1.54) is 0 Å². The number of para-hydroxylation sites is 1. The van der Waals surface area contributed by atoms with E-state index < -0.39 is 0 Å². The maximum Gasteiger partial charge on any atom is 0.0998 e. The maximum atomic E-state index is 9.93. The van der Waals surface area contributed by atoms with Crippen molar-refractivity contribution in [2.75, 3.05) is 0 Å². The first-order valence-electron chi connectivity index (χ1n) is 10.2. The topological polar surface area (TPSA) is 28.7 Å². The third kappa shape index (κ3) is 3.89. The van der Waals surface area contributed by atoms with Gasteiger partial charge in [0.25, 0.3) is 0 Å². The van der Waals surface area contributed by atoms with Crippen molar-refractivity contribution in [3.63, 3.8) is 0 Å². The fraction of sp³-hybridized carbons (Fsp3) is 0.0357. The van der Waals surface area contributed by atoms with Gasteiger partial charge in [-0.2, -0.15) is 5.26 Å². The molecule has 0 spiro atoms. The van der Waals surface area contributed by atoms with E-state index in [0.29, 0.717) is 22.2 Å². The Morgan fingerprint density at radius 1 is 0.875 bits per heavy atom. The van der Waals surface area contributed by atoms with Gasteiger partial charge in [0.1, 0.15) is 0 Å². The van der Waals surface area contributed by atoms with E-state index >= 15 is 0 Å². The van der Waals surface area contributed by atoms with Crippen LogP contribution in [0.15, 0.2) is 91.1 Å². The molecular weight excluding hydrogens is 435 g/mol. The molecule has 0 fully saturated rings. The van der Waals surface area contributed by atoms with Crippen LogP contribution < -0.4 is 0 Å². The van der Waals surface area contributed by atoms with Crippen LogP contribution in [0.25, 0.3) is 33.3 Å². The molecule has 154 valence electrons. The van der Waals surface area contributed by atoms with Crippen molar-refractivity contribution in [1.82, 2.24) is 4.57 Å². The van der Waals surface area contributed by atoms with Crippen molar-refractivity contribution in [3.05, 3.63) is 118 Å². The lowest BCUT2D eigenvalue weighted by Crippen LogP contribution is -1.98. The lowest BCUT2D eigenvalue weighted by atomic mass is 10.00. The Bertz CT molecular complexity index is 1540. The van der Waals surface area contributed by atoms with Gasteiger partial charge in [0, 0.05) is 39.3 Å². The van der Waals surface area contributed by atoms with Crippen molar-refractivity contribution >= 4 is 56.5 Å². The van der Waals surface area contributed by atoms with Crippen LogP contribution in [0, 0.1) is 11.3 Å². The summed E-state index contributed by atoms with van der Waals surface area (Å²) >= 11 is 12.5. The van der Waals surface area contributed by atoms with Gasteiger partial charge in [0.15, 0.2) is 0 Å². The number of hydrogen-bond acceptors (Lipinski definition) is 1. The van der Waals surface area contributed by atoms with Gasteiger partial charge >= 0.3 is 0 Å². The normalized spacial score (nSPS) is 11.7. The minimum atomic E-state index is 0.613. The molecule has 32 heavy (non-hydrogen) atoms. The fourth-order valence-electron chi connectivity index (χ4n) is 4.05. The molecule has 0 N–H and O–H groups in total. The second-order valence-corrected chi connectivity index (χ2v) is 8.54. The average molecular weight is 453 g/mol. The number of rotatable bonds is 4. The summed E-state index contributed by atoms with van der Waals surface area (Å²) < 4.78 is 2.16. The molecule has 5 rings (SSSR count). The smallest absolute Gasteiger partial charge is 0.0998 e. The molecule has 0 saturated heterocycles. The molecule has 2 nitrogen and oxygen atoms in total. The van der Waals surface area contributed by atoms with Gasteiger partial charge in [-0.1, -0.05) is 83.9 Å². The second-order valence-electron chi connectivity index (χ2n) is 7.70. The molecule has 0 aliphatic heterocycles. The highest BCUT2D eigenvalue weighted by Crippen LogP contribution is 2.29. The highest BCUT2D eigenvalue weighted by molar-refractivity contribution is 6.35. The van der Waals surface area contributed by atoms with E-state index in [1.807, 2.05) is 48.5 Å². The number of allylic oxidation sites excluding steroid dienone is 1. The Morgan fingerprint density at radius 2 is 1.66 bits per heavy atom. The van der Waals surface area contributed by atoms with E-state index in [4.69, 9.17) is 23.2 Å². The van der Waals surface area contributed by atoms with Crippen LogP contribution >= 0.6 is 23.2 Å². The van der Waals surface area contributed by atoms with E-state index in [9.17, 15) is 5.26 Å². The van der Waals surface area contributed by atoms with Crippen LogP contribution in [-0.2, 0) is 6.54 Å². The number of fused-ring (bicyclic) bond motifs is 2. The molecule has 0 bridgehead atoms. The Morgan fingerprint density at radius 3 is 2.47 bits per heavy atom. The standard InChI is InChI=1S/C28H18Cl2N2/c29-25-12-11-22(27(30)15-25)17-32-18-24(26-7-3-4-8-28(26)32)14-23(16-31)21-10-9-19-5-1-2-6-20(19)13-21/h1-15,18H,17H2/b23-14-. The summed E-state index contributed by atoms with van der Waals surface area (Å²) in [6, 6.07) is 30.4. The summed E-state index contributed by atoms with van der Waals surface area (Å²) in [6.07, 6.45) is 4.04. The highest BCUT2D eigenvalue weighted by atomic mass is 35.5. The van der Waals surface area contributed by atoms with E-state index in [-0.39, 0.29) is 0 Å². The molecular formula is C28H18Cl2N2. The summed E-state index contributed by atoms with van der Waals surface area (Å²) in [5.41, 5.74) is 4.60. The second kappa shape index (κ2) is 8.55. The number of aromatic nitrogens is 1. The molecule has 0 aliphatic rings. The summed E-state index contributed by atoms with van der Waals surface area (Å²) in [7, 11) is 0. The summed E-state index contributed by atoms with van der Waals surface area (Å²) in [5, 5.41) is 14.6.